The van der Waals surface area contributed by atoms with E-state index >= 15 is 0 Å². The predicted octanol–water partition coefficient (Wildman–Crippen LogP) is 4.09. The van der Waals surface area contributed by atoms with Crippen molar-refractivity contribution in [3.8, 4) is 0 Å². The largest absolute Gasteiger partial charge is 0.334 e. The fraction of sp³-hybridized carbons (Fsp3) is 0.520. The first-order valence-electron chi connectivity index (χ1n) is 12.1. The average molecular weight is 486 g/mol. The number of fused-ring (bicyclic) bond motifs is 1. The third kappa shape index (κ3) is 6.14. The van der Waals surface area contributed by atoms with E-state index in [4.69, 9.17) is 4.98 Å². The molecule has 3 aromatic heterocycles. The van der Waals surface area contributed by atoms with Gasteiger partial charge in [-0.3, -0.25) is 19.1 Å². The Morgan fingerprint density at radius 2 is 1.94 bits per heavy atom. The number of amides is 1. The third-order valence-corrected chi connectivity index (χ3v) is 6.74. The van der Waals surface area contributed by atoms with Crippen LogP contribution in [0.5, 0.6) is 0 Å². The van der Waals surface area contributed by atoms with Crippen molar-refractivity contribution in [3.05, 3.63) is 61.7 Å². The van der Waals surface area contributed by atoms with Crippen molar-refractivity contribution in [3.63, 3.8) is 0 Å². The number of unbranched alkanes of at least 4 members (excludes halogenated alkanes) is 3. The molecule has 34 heavy (non-hydrogen) atoms. The lowest BCUT2D eigenvalue weighted by atomic mass is 10.2. The molecule has 8 nitrogen and oxygen atoms in total. The molecule has 1 N–H and O–H groups in total. The van der Waals surface area contributed by atoms with E-state index < -0.39 is 11.2 Å². The highest BCUT2D eigenvalue weighted by Crippen LogP contribution is 2.17. The van der Waals surface area contributed by atoms with Crippen molar-refractivity contribution in [2.24, 2.45) is 0 Å². The first kappa shape index (κ1) is 25.7. The molecular weight excluding hydrogens is 450 g/mol. The first-order chi connectivity index (χ1) is 16.5. The van der Waals surface area contributed by atoms with E-state index in [9.17, 15) is 14.4 Å². The molecule has 3 aromatic rings. The Kier molecular flexibility index (Phi) is 9.44. The van der Waals surface area contributed by atoms with Gasteiger partial charge in [0.2, 0.25) is 5.91 Å². The van der Waals surface area contributed by atoms with Gasteiger partial charge in [0, 0.05) is 37.4 Å². The average Bonchev–Trinajstić information content (AvgIpc) is 3.45. The van der Waals surface area contributed by atoms with Crippen LogP contribution < -0.4 is 11.2 Å². The van der Waals surface area contributed by atoms with Crippen molar-refractivity contribution in [2.75, 3.05) is 6.54 Å². The van der Waals surface area contributed by atoms with Gasteiger partial charge in [-0.05, 0) is 24.3 Å². The Morgan fingerprint density at radius 1 is 1.18 bits per heavy atom. The fourth-order valence-electron chi connectivity index (χ4n) is 4.07. The maximum Gasteiger partial charge on any atom is 0.330 e. The minimum absolute atomic E-state index is 0.0118. The zero-order chi connectivity index (χ0) is 24.5. The molecule has 9 heteroatoms. The Hall–Kier alpha value is -2.94. The summed E-state index contributed by atoms with van der Waals surface area (Å²) in [7, 11) is 0. The number of hydrogen-bond acceptors (Lipinski definition) is 5. The second-order valence-corrected chi connectivity index (χ2v) is 9.50. The van der Waals surface area contributed by atoms with Crippen LogP contribution in [-0.4, -0.2) is 36.5 Å². The van der Waals surface area contributed by atoms with E-state index in [1.165, 1.54) is 0 Å². The molecule has 0 saturated carbocycles. The molecule has 1 amide bonds. The van der Waals surface area contributed by atoms with Crippen LogP contribution in [0, 0.1) is 0 Å². The molecule has 0 radical (unpaired) electrons. The van der Waals surface area contributed by atoms with E-state index in [0.29, 0.717) is 49.6 Å². The Bertz CT molecular complexity index is 1210. The second kappa shape index (κ2) is 12.5. The monoisotopic (exact) mass is 485 g/mol. The van der Waals surface area contributed by atoms with Gasteiger partial charge in [0.1, 0.15) is 5.82 Å². The lowest BCUT2D eigenvalue weighted by molar-refractivity contribution is -0.131. The number of nitrogens with zero attached hydrogens (tertiary/aromatic N) is 4. The molecule has 3 rings (SSSR count). The summed E-state index contributed by atoms with van der Waals surface area (Å²) in [6, 6.07) is 3.99. The fourth-order valence-corrected chi connectivity index (χ4v) is 4.79. The highest BCUT2D eigenvalue weighted by Gasteiger charge is 2.20. The number of aromatic amines is 1. The summed E-state index contributed by atoms with van der Waals surface area (Å²) >= 11 is 1.62. The normalized spacial score (nSPS) is 11.2. The Labute approximate surface area is 203 Å². The molecule has 0 aliphatic heterocycles. The van der Waals surface area contributed by atoms with Gasteiger partial charge in [-0.15, -0.1) is 17.9 Å². The van der Waals surface area contributed by atoms with E-state index in [-0.39, 0.29) is 12.3 Å². The van der Waals surface area contributed by atoms with Crippen LogP contribution in [0.1, 0.15) is 63.1 Å². The second-order valence-electron chi connectivity index (χ2n) is 8.47. The molecule has 0 atom stereocenters. The van der Waals surface area contributed by atoms with Gasteiger partial charge in [-0.1, -0.05) is 45.3 Å². The summed E-state index contributed by atoms with van der Waals surface area (Å²) in [5, 5.41) is 2.00. The Balaban J connectivity index is 1.91. The van der Waals surface area contributed by atoms with Crippen LogP contribution in [0.4, 0.5) is 0 Å². The minimum atomic E-state index is -0.431. The van der Waals surface area contributed by atoms with Gasteiger partial charge < -0.3 is 9.47 Å². The van der Waals surface area contributed by atoms with Gasteiger partial charge in [-0.25, -0.2) is 9.78 Å². The van der Waals surface area contributed by atoms with Gasteiger partial charge in [-0.2, -0.15) is 0 Å². The maximum absolute atomic E-state index is 13.1. The van der Waals surface area contributed by atoms with Gasteiger partial charge in [0.15, 0.2) is 11.2 Å². The summed E-state index contributed by atoms with van der Waals surface area (Å²) in [6.07, 6.45) is 7.13. The molecule has 0 aliphatic carbocycles. The zero-order valence-corrected chi connectivity index (χ0v) is 21.0. The molecule has 184 valence electrons. The molecule has 0 unspecified atom stereocenters. The number of thiophene rings is 1. The summed E-state index contributed by atoms with van der Waals surface area (Å²) in [6.45, 7) is 10.1. The highest BCUT2D eigenvalue weighted by atomic mass is 32.1. The van der Waals surface area contributed by atoms with Crippen LogP contribution in [0.15, 0.2) is 39.8 Å². The van der Waals surface area contributed by atoms with Crippen molar-refractivity contribution in [2.45, 2.75) is 78.4 Å². The number of aryl methyl sites for hydroxylation is 3. The molecular formula is C25H35N5O3S. The first-order valence-corrected chi connectivity index (χ1v) is 13.0. The number of aromatic nitrogens is 4. The van der Waals surface area contributed by atoms with E-state index in [0.717, 1.165) is 37.0 Å². The predicted molar refractivity (Wildman–Crippen MR) is 137 cm³/mol. The molecule has 0 saturated heterocycles. The number of rotatable bonds is 14. The van der Waals surface area contributed by atoms with E-state index in [2.05, 4.69) is 25.4 Å². The number of carbonyl (C=O) groups is 1. The molecule has 0 aromatic carbocycles. The van der Waals surface area contributed by atoms with E-state index in [1.807, 2.05) is 22.1 Å². The number of imidazole rings is 1. The van der Waals surface area contributed by atoms with Crippen LogP contribution in [0.25, 0.3) is 11.2 Å². The maximum atomic E-state index is 13.1. The zero-order valence-electron chi connectivity index (χ0n) is 20.2. The van der Waals surface area contributed by atoms with Crippen LogP contribution in [0.2, 0.25) is 0 Å². The standard InChI is InChI=1S/C25H35N5O3S/c1-4-7-9-16-29-20(12-13-21(31)28(14-6-3)18-19-11-10-17-34-19)26-23-22(29)24(32)27-25(33)30(23)15-8-5-2/h6,10-11,17H,3-5,7-9,12-16,18H2,1-2H3,(H,27,32,33). The quantitative estimate of drug-likeness (QED) is 0.275. The number of hydrogen-bond donors (Lipinski definition) is 1. The van der Waals surface area contributed by atoms with Gasteiger partial charge >= 0.3 is 5.69 Å². The molecule has 0 fully saturated rings. The van der Waals surface area contributed by atoms with Crippen LogP contribution in [-0.2, 0) is 30.8 Å². The lowest BCUT2D eigenvalue weighted by Gasteiger charge is -2.20. The van der Waals surface area contributed by atoms with Gasteiger partial charge in [0.05, 0.1) is 6.54 Å². The smallest absolute Gasteiger partial charge is 0.330 e. The summed E-state index contributed by atoms with van der Waals surface area (Å²) < 4.78 is 3.47. The molecule has 0 aliphatic rings. The topological polar surface area (TPSA) is 93.0 Å². The van der Waals surface area contributed by atoms with Gasteiger partial charge in [0.25, 0.3) is 5.56 Å². The van der Waals surface area contributed by atoms with Crippen molar-refractivity contribution in [1.29, 1.82) is 0 Å². The molecule has 0 bridgehead atoms. The van der Waals surface area contributed by atoms with Crippen molar-refractivity contribution >= 4 is 28.4 Å². The minimum Gasteiger partial charge on any atom is -0.334 e. The van der Waals surface area contributed by atoms with Crippen molar-refractivity contribution in [1.82, 2.24) is 24.0 Å². The summed E-state index contributed by atoms with van der Waals surface area (Å²) in [5.74, 6) is 0.688. The van der Waals surface area contributed by atoms with Crippen LogP contribution in [0.3, 0.4) is 0 Å². The molecule has 0 spiro atoms. The van der Waals surface area contributed by atoms with E-state index in [1.54, 1.807) is 26.9 Å². The number of H-pyrrole nitrogens is 1. The molecule has 3 heterocycles. The lowest BCUT2D eigenvalue weighted by Crippen LogP contribution is -2.31. The number of nitrogens with one attached hydrogen (secondary N) is 1. The SMILES string of the molecule is C=CCN(Cc1cccs1)C(=O)CCc1nc2c(c(=O)[nH]c(=O)n2CCCC)n1CCCCC. The highest BCUT2D eigenvalue weighted by molar-refractivity contribution is 7.09. The Morgan fingerprint density at radius 3 is 2.62 bits per heavy atom. The summed E-state index contributed by atoms with van der Waals surface area (Å²) in [4.78, 5) is 48.5. The summed E-state index contributed by atoms with van der Waals surface area (Å²) in [5.41, 5.74) is -0.00124. The number of carbonyl (C=O) groups excluding carboxylic acids is 1. The third-order valence-electron chi connectivity index (χ3n) is 5.88. The van der Waals surface area contributed by atoms with Crippen molar-refractivity contribution < 1.29 is 4.79 Å². The van der Waals surface area contributed by atoms with Crippen LogP contribution >= 0.6 is 11.3 Å².